The first kappa shape index (κ1) is 12.3. The van der Waals surface area contributed by atoms with Crippen LogP contribution in [0.1, 0.15) is 11.1 Å². The monoisotopic (exact) mass is 258 g/mol. The average molecular weight is 259 g/mol. The van der Waals surface area contributed by atoms with Crippen LogP contribution in [0.4, 0.5) is 17.6 Å². The Hall–Kier alpha value is -0.740. The van der Waals surface area contributed by atoms with Crippen LogP contribution in [-0.2, 0) is 6.18 Å². The van der Waals surface area contributed by atoms with Crippen LogP contribution in [0.2, 0.25) is 0 Å². The number of alkyl halides is 3. The van der Waals surface area contributed by atoms with Gasteiger partial charge in [-0.2, -0.15) is 13.2 Å². The summed E-state index contributed by atoms with van der Waals surface area (Å²) in [5, 5.41) is 0. The second-order valence-corrected chi connectivity index (χ2v) is 3.60. The smallest absolute Gasteiger partial charge is 0.204 e. The molecule has 0 fully saturated rings. The number of benzene rings is 1. The van der Waals surface area contributed by atoms with Crippen molar-refractivity contribution < 1.29 is 17.6 Å². The maximum atomic E-state index is 13.0. The predicted molar refractivity (Wildman–Crippen MR) is 51.2 cm³/mol. The van der Waals surface area contributed by atoms with Gasteiger partial charge in [-0.3, -0.25) is 0 Å². The Kier molecular flexibility index (Phi) is 3.62. The topological polar surface area (TPSA) is 0 Å². The molecular formula is C9H4Cl2F4. The van der Waals surface area contributed by atoms with Crippen LogP contribution in [0.15, 0.2) is 28.8 Å². The van der Waals surface area contributed by atoms with Gasteiger partial charge in [-0.15, -0.1) is 0 Å². The summed E-state index contributed by atoms with van der Waals surface area (Å²) >= 11 is 10.3. The lowest BCUT2D eigenvalue weighted by atomic mass is 10.1. The number of hydrogen-bond donors (Lipinski definition) is 0. The summed E-state index contributed by atoms with van der Waals surface area (Å²) in [5.74, 6) is -0.952. The van der Waals surface area contributed by atoms with E-state index in [1.165, 1.54) is 0 Å². The molecule has 0 heterocycles. The summed E-state index contributed by atoms with van der Waals surface area (Å²) < 4.78 is 48.8. The Morgan fingerprint density at radius 2 is 1.47 bits per heavy atom. The third kappa shape index (κ3) is 3.11. The summed E-state index contributed by atoms with van der Waals surface area (Å²) in [6.45, 7) is 0. The Morgan fingerprint density at radius 1 is 1.00 bits per heavy atom. The third-order valence-corrected chi connectivity index (χ3v) is 1.96. The van der Waals surface area contributed by atoms with E-state index in [0.717, 1.165) is 24.3 Å². The summed E-state index contributed by atoms with van der Waals surface area (Å²) in [5.41, 5.74) is -0.951. The van der Waals surface area contributed by atoms with Gasteiger partial charge in [0.15, 0.2) is 5.83 Å². The molecule has 0 saturated carbocycles. The first-order valence-electron chi connectivity index (χ1n) is 3.71. The van der Waals surface area contributed by atoms with Gasteiger partial charge in [0.05, 0.1) is 5.56 Å². The van der Waals surface area contributed by atoms with E-state index in [-0.39, 0.29) is 5.56 Å². The van der Waals surface area contributed by atoms with E-state index in [2.05, 4.69) is 0 Å². The molecule has 0 bridgehead atoms. The van der Waals surface area contributed by atoms with Crippen molar-refractivity contribution in [1.82, 2.24) is 0 Å². The van der Waals surface area contributed by atoms with E-state index in [1.807, 2.05) is 0 Å². The van der Waals surface area contributed by atoms with Gasteiger partial charge >= 0.3 is 6.18 Å². The minimum atomic E-state index is -4.44. The minimum absolute atomic E-state index is 0.0944. The molecule has 1 aromatic rings. The molecule has 0 radical (unpaired) electrons. The molecule has 0 aliphatic heterocycles. The van der Waals surface area contributed by atoms with Gasteiger partial charge < -0.3 is 0 Å². The summed E-state index contributed by atoms with van der Waals surface area (Å²) in [6, 6.07) is 3.43. The van der Waals surface area contributed by atoms with Gasteiger partial charge in [-0.25, -0.2) is 4.39 Å². The average Bonchev–Trinajstić information content (AvgIpc) is 2.15. The molecule has 0 aromatic heterocycles. The highest BCUT2D eigenvalue weighted by atomic mass is 35.5. The highest BCUT2D eigenvalue weighted by molar-refractivity contribution is 6.58. The molecule has 1 rings (SSSR count). The Bertz CT molecular complexity index is 374. The van der Waals surface area contributed by atoms with Crippen LogP contribution >= 0.6 is 23.2 Å². The van der Waals surface area contributed by atoms with Crippen molar-refractivity contribution in [2.24, 2.45) is 0 Å². The van der Waals surface area contributed by atoms with E-state index < -0.39 is 22.1 Å². The van der Waals surface area contributed by atoms with Crippen molar-refractivity contribution in [2.45, 2.75) is 6.18 Å². The molecule has 6 heteroatoms. The standard InChI is InChI=1S/C9H4Cl2F4/c10-8(11)7(12)5-1-3-6(4-2-5)9(13,14)15/h1-4H. The molecular weight excluding hydrogens is 255 g/mol. The lowest BCUT2D eigenvalue weighted by molar-refractivity contribution is -0.137. The van der Waals surface area contributed by atoms with Gasteiger partial charge in [0.25, 0.3) is 0 Å². The molecule has 15 heavy (non-hydrogen) atoms. The molecule has 0 spiro atoms. The first-order chi connectivity index (χ1) is 6.82. The molecule has 0 aliphatic carbocycles. The van der Waals surface area contributed by atoms with Gasteiger partial charge in [-0.05, 0) is 12.1 Å². The van der Waals surface area contributed by atoms with Crippen molar-refractivity contribution in [1.29, 1.82) is 0 Å². The summed E-state index contributed by atoms with van der Waals surface area (Å²) in [6.07, 6.45) is -4.44. The normalized spacial score (nSPS) is 11.3. The maximum Gasteiger partial charge on any atom is 0.416 e. The molecule has 82 valence electrons. The molecule has 1 aromatic carbocycles. The number of hydrogen-bond acceptors (Lipinski definition) is 0. The van der Waals surface area contributed by atoms with E-state index in [0.29, 0.717) is 0 Å². The minimum Gasteiger partial charge on any atom is -0.204 e. The van der Waals surface area contributed by atoms with Crippen LogP contribution in [-0.4, -0.2) is 0 Å². The lowest BCUT2D eigenvalue weighted by Gasteiger charge is -2.06. The highest BCUT2D eigenvalue weighted by Crippen LogP contribution is 2.31. The fourth-order valence-corrected chi connectivity index (χ4v) is 1.13. The second kappa shape index (κ2) is 4.41. The van der Waals surface area contributed by atoms with Gasteiger partial charge in [-0.1, -0.05) is 35.3 Å². The predicted octanol–water partition coefficient (Wildman–Crippen LogP) is 4.78. The Morgan fingerprint density at radius 3 is 1.80 bits per heavy atom. The molecule has 0 amide bonds. The van der Waals surface area contributed by atoms with E-state index in [4.69, 9.17) is 23.2 Å². The summed E-state index contributed by atoms with van der Waals surface area (Å²) in [7, 11) is 0. The van der Waals surface area contributed by atoms with Crippen molar-refractivity contribution in [3.63, 3.8) is 0 Å². The lowest BCUT2D eigenvalue weighted by Crippen LogP contribution is -2.04. The Labute approximate surface area is 93.1 Å². The van der Waals surface area contributed by atoms with Crippen molar-refractivity contribution in [3.8, 4) is 0 Å². The van der Waals surface area contributed by atoms with Crippen molar-refractivity contribution in [2.75, 3.05) is 0 Å². The maximum absolute atomic E-state index is 13.0. The zero-order chi connectivity index (χ0) is 11.6. The highest BCUT2D eigenvalue weighted by Gasteiger charge is 2.30. The molecule has 0 aliphatic rings. The van der Waals surface area contributed by atoms with Crippen molar-refractivity contribution in [3.05, 3.63) is 39.9 Å². The molecule has 0 atom stereocenters. The zero-order valence-corrected chi connectivity index (χ0v) is 8.59. The van der Waals surface area contributed by atoms with E-state index in [1.54, 1.807) is 0 Å². The largest absolute Gasteiger partial charge is 0.416 e. The summed E-state index contributed by atoms with van der Waals surface area (Å²) in [4.78, 5) is 0. The fraction of sp³-hybridized carbons (Fsp3) is 0.111. The number of rotatable bonds is 1. The second-order valence-electron chi connectivity index (χ2n) is 2.65. The van der Waals surface area contributed by atoms with Gasteiger partial charge in [0.1, 0.15) is 4.49 Å². The number of halogens is 6. The van der Waals surface area contributed by atoms with Crippen LogP contribution in [0.5, 0.6) is 0 Å². The fourth-order valence-electron chi connectivity index (χ4n) is 0.915. The van der Waals surface area contributed by atoms with Crippen LogP contribution in [0, 0.1) is 0 Å². The van der Waals surface area contributed by atoms with Crippen LogP contribution < -0.4 is 0 Å². The van der Waals surface area contributed by atoms with E-state index >= 15 is 0 Å². The van der Waals surface area contributed by atoms with Gasteiger partial charge in [0.2, 0.25) is 0 Å². The third-order valence-electron chi connectivity index (χ3n) is 1.63. The quantitative estimate of drug-likeness (QED) is 0.636. The molecule has 0 N–H and O–H groups in total. The first-order valence-corrected chi connectivity index (χ1v) is 4.46. The zero-order valence-electron chi connectivity index (χ0n) is 7.08. The van der Waals surface area contributed by atoms with Gasteiger partial charge in [0, 0.05) is 5.56 Å². The molecule has 0 nitrogen and oxygen atoms in total. The molecule has 0 unspecified atom stereocenters. The molecule has 0 saturated heterocycles. The Balaban J connectivity index is 3.07. The van der Waals surface area contributed by atoms with Crippen LogP contribution in [0.25, 0.3) is 5.83 Å². The SMILES string of the molecule is FC(=C(Cl)Cl)c1ccc(C(F)(F)F)cc1. The van der Waals surface area contributed by atoms with Crippen molar-refractivity contribution >= 4 is 29.0 Å². The van der Waals surface area contributed by atoms with Crippen LogP contribution in [0.3, 0.4) is 0 Å². The van der Waals surface area contributed by atoms with E-state index in [9.17, 15) is 17.6 Å².